The number of aromatic nitrogens is 3. The molecule has 3 aromatic heterocycles. The van der Waals surface area contributed by atoms with Crippen molar-refractivity contribution in [2.45, 2.75) is 25.8 Å². The number of phenolic OH excluding ortho intramolecular Hbond substituents is 1. The van der Waals surface area contributed by atoms with Crippen LogP contribution in [0.4, 0.5) is 0 Å². The van der Waals surface area contributed by atoms with Gasteiger partial charge in [-0.3, -0.25) is 14.3 Å². The third-order valence-corrected chi connectivity index (χ3v) is 8.54. The molecule has 1 aliphatic carbocycles. The molecule has 0 fully saturated rings. The van der Waals surface area contributed by atoms with E-state index >= 15 is 0 Å². The van der Waals surface area contributed by atoms with Crippen molar-refractivity contribution in [2.75, 3.05) is 0 Å². The Morgan fingerprint density at radius 3 is 2.63 bits per heavy atom. The molecule has 1 aliphatic rings. The highest BCUT2D eigenvalue weighted by Gasteiger charge is 2.22. The number of hydrogen-bond acceptors (Lipinski definition) is 5. The Morgan fingerprint density at radius 1 is 0.921 bits per heavy atom. The Labute approximate surface area is 221 Å². The number of rotatable bonds is 4. The third kappa shape index (κ3) is 3.58. The van der Waals surface area contributed by atoms with Crippen molar-refractivity contribution in [3.63, 3.8) is 0 Å². The van der Waals surface area contributed by atoms with Gasteiger partial charge in [0.2, 0.25) is 0 Å². The summed E-state index contributed by atoms with van der Waals surface area (Å²) in [6, 6.07) is 22.8. The van der Waals surface area contributed by atoms with Crippen molar-refractivity contribution in [3.8, 4) is 21.9 Å². The quantitative estimate of drug-likeness (QED) is 0.327. The number of aromatic hydroxyl groups is 1. The van der Waals surface area contributed by atoms with Gasteiger partial charge < -0.3 is 5.11 Å². The van der Waals surface area contributed by atoms with E-state index in [1.807, 2.05) is 30.3 Å². The predicted molar refractivity (Wildman–Crippen MR) is 152 cm³/mol. The lowest BCUT2D eigenvalue weighted by atomic mass is 10.0. The molecule has 38 heavy (non-hydrogen) atoms. The Kier molecular flexibility index (Phi) is 5.26. The molecule has 0 unspecified atom stereocenters. The molecule has 0 atom stereocenters. The van der Waals surface area contributed by atoms with E-state index in [2.05, 4.69) is 23.2 Å². The molecule has 0 aliphatic heterocycles. The van der Waals surface area contributed by atoms with Gasteiger partial charge >= 0.3 is 5.69 Å². The zero-order chi connectivity index (χ0) is 25.8. The number of benzene rings is 3. The Morgan fingerprint density at radius 2 is 1.76 bits per heavy atom. The second-order valence-electron chi connectivity index (χ2n) is 9.68. The summed E-state index contributed by atoms with van der Waals surface area (Å²) in [7, 11) is 0. The van der Waals surface area contributed by atoms with Crippen molar-refractivity contribution in [1.29, 1.82) is 0 Å². The normalized spacial score (nSPS) is 12.8. The fourth-order valence-corrected chi connectivity index (χ4v) is 6.70. The first-order chi connectivity index (χ1) is 18.6. The van der Waals surface area contributed by atoms with Gasteiger partial charge in [0.15, 0.2) is 0 Å². The van der Waals surface area contributed by atoms with Crippen molar-refractivity contribution < 1.29 is 5.11 Å². The van der Waals surface area contributed by atoms with Crippen molar-refractivity contribution in [2.24, 2.45) is 0 Å². The minimum Gasteiger partial charge on any atom is -0.508 e. The first-order valence-corrected chi connectivity index (χ1v) is 13.4. The van der Waals surface area contributed by atoms with Crippen LogP contribution in [0.3, 0.4) is 0 Å². The van der Waals surface area contributed by atoms with E-state index < -0.39 is 5.69 Å². The number of hydrogen-bond donors (Lipinski definition) is 1. The van der Waals surface area contributed by atoms with Crippen LogP contribution in [0.15, 0.2) is 94.8 Å². The number of nitrogens with zero attached hydrogens (tertiary/aromatic N) is 3. The summed E-state index contributed by atoms with van der Waals surface area (Å²) < 4.78 is 3.45. The topological polar surface area (TPSA) is 77.1 Å². The molecule has 0 spiro atoms. The summed E-state index contributed by atoms with van der Waals surface area (Å²) >= 11 is 1.44. The summed E-state index contributed by atoms with van der Waals surface area (Å²) in [5, 5.41) is 11.4. The third-order valence-electron chi connectivity index (χ3n) is 7.40. The average molecular weight is 518 g/mol. The van der Waals surface area contributed by atoms with E-state index in [-0.39, 0.29) is 17.9 Å². The van der Waals surface area contributed by atoms with Crippen LogP contribution in [0, 0.1) is 0 Å². The molecule has 3 heterocycles. The maximum Gasteiger partial charge on any atom is 0.336 e. The highest BCUT2D eigenvalue weighted by Crippen LogP contribution is 2.38. The molecule has 3 aromatic carbocycles. The van der Waals surface area contributed by atoms with E-state index in [4.69, 9.17) is 0 Å². The fraction of sp³-hybridized carbons (Fsp3) is 0.129. The molecule has 0 radical (unpaired) electrons. The van der Waals surface area contributed by atoms with Gasteiger partial charge in [-0.15, -0.1) is 11.3 Å². The first-order valence-electron chi connectivity index (χ1n) is 12.6. The smallest absolute Gasteiger partial charge is 0.336 e. The number of fused-ring (bicyclic) bond motifs is 3. The van der Waals surface area contributed by atoms with Gasteiger partial charge in [-0.2, -0.15) is 0 Å². The van der Waals surface area contributed by atoms with Crippen LogP contribution in [0.25, 0.3) is 37.1 Å². The van der Waals surface area contributed by atoms with Crippen LogP contribution in [0.1, 0.15) is 23.1 Å². The van der Waals surface area contributed by atoms with E-state index in [1.54, 1.807) is 41.2 Å². The van der Waals surface area contributed by atoms with E-state index in [9.17, 15) is 14.7 Å². The van der Waals surface area contributed by atoms with Gasteiger partial charge in [0, 0.05) is 21.8 Å². The molecule has 7 rings (SSSR count). The molecule has 186 valence electrons. The van der Waals surface area contributed by atoms with Gasteiger partial charge in [0.25, 0.3) is 5.56 Å². The highest BCUT2D eigenvalue weighted by molar-refractivity contribution is 7.22. The summed E-state index contributed by atoms with van der Waals surface area (Å²) in [5.74, 6) is 0.161. The molecule has 0 saturated carbocycles. The minimum absolute atomic E-state index is 0.161. The predicted octanol–water partition coefficient (Wildman–Crippen LogP) is 5.67. The standard InChI is InChI=1S/C31H23N3O3S/c35-22-13-11-19(12-14-22)18-33-26-15-28(25-10-4-7-20-6-3-9-23(20)25)38-29(26)30(36)34(31(33)37)27-17-32-16-21-5-1-2-8-24(21)27/h1-2,4-5,7-8,10-17,35H,3,6,9,18H2. The molecule has 0 amide bonds. The number of pyridine rings is 1. The van der Waals surface area contributed by atoms with Crippen LogP contribution >= 0.6 is 11.3 Å². The molecule has 7 heteroatoms. The van der Waals surface area contributed by atoms with Gasteiger partial charge in [-0.25, -0.2) is 9.36 Å². The summed E-state index contributed by atoms with van der Waals surface area (Å²) in [6.07, 6.45) is 6.53. The lowest BCUT2D eigenvalue weighted by molar-refractivity contribution is 0.475. The summed E-state index contributed by atoms with van der Waals surface area (Å²) in [4.78, 5) is 33.4. The lowest BCUT2D eigenvalue weighted by Crippen LogP contribution is -2.38. The Balaban J connectivity index is 1.53. The summed E-state index contributed by atoms with van der Waals surface area (Å²) in [5.41, 5.74) is 5.02. The van der Waals surface area contributed by atoms with Gasteiger partial charge in [0.1, 0.15) is 10.4 Å². The molecule has 0 saturated heterocycles. The van der Waals surface area contributed by atoms with Crippen molar-refractivity contribution >= 4 is 32.3 Å². The van der Waals surface area contributed by atoms with Crippen LogP contribution in [0.5, 0.6) is 5.75 Å². The van der Waals surface area contributed by atoms with Crippen molar-refractivity contribution in [1.82, 2.24) is 14.1 Å². The monoisotopic (exact) mass is 517 g/mol. The van der Waals surface area contributed by atoms with Crippen LogP contribution in [-0.4, -0.2) is 19.2 Å². The maximum absolute atomic E-state index is 14.1. The molecular formula is C31H23N3O3S. The van der Waals surface area contributed by atoms with Gasteiger partial charge in [-0.1, -0.05) is 54.6 Å². The number of aryl methyl sites for hydroxylation is 1. The van der Waals surface area contributed by atoms with Gasteiger partial charge in [0.05, 0.1) is 23.9 Å². The SMILES string of the molecule is O=c1c2sc(-c3cccc4c3CCC4)cc2n(Cc2ccc(O)cc2)c(=O)n1-c1cncc2ccccc12. The molecule has 6 aromatic rings. The van der Waals surface area contributed by atoms with Crippen LogP contribution < -0.4 is 11.2 Å². The second-order valence-corrected chi connectivity index (χ2v) is 10.7. The van der Waals surface area contributed by atoms with E-state index in [0.717, 1.165) is 46.0 Å². The van der Waals surface area contributed by atoms with E-state index in [1.165, 1.54) is 27.0 Å². The highest BCUT2D eigenvalue weighted by atomic mass is 32.1. The fourth-order valence-electron chi connectivity index (χ4n) is 5.56. The zero-order valence-corrected chi connectivity index (χ0v) is 21.2. The Bertz CT molecular complexity index is 1980. The minimum atomic E-state index is -0.420. The maximum atomic E-state index is 14.1. The average Bonchev–Trinajstić information content (AvgIpc) is 3.60. The van der Waals surface area contributed by atoms with E-state index in [0.29, 0.717) is 15.9 Å². The zero-order valence-electron chi connectivity index (χ0n) is 20.4. The number of phenols is 1. The molecule has 1 N–H and O–H groups in total. The largest absolute Gasteiger partial charge is 0.508 e. The van der Waals surface area contributed by atoms with Crippen molar-refractivity contribution in [3.05, 3.63) is 123 Å². The van der Waals surface area contributed by atoms with Crippen LogP contribution in [-0.2, 0) is 19.4 Å². The second kappa shape index (κ2) is 8.82. The van der Waals surface area contributed by atoms with Crippen LogP contribution in [0.2, 0.25) is 0 Å². The number of thiophene rings is 1. The first kappa shape index (κ1) is 22.7. The Hall–Kier alpha value is -4.49. The molecular weight excluding hydrogens is 494 g/mol. The molecule has 0 bridgehead atoms. The lowest BCUT2D eigenvalue weighted by Gasteiger charge is -2.13. The molecule has 6 nitrogen and oxygen atoms in total. The summed E-state index contributed by atoms with van der Waals surface area (Å²) in [6.45, 7) is 0.261. The van der Waals surface area contributed by atoms with Gasteiger partial charge in [-0.05, 0) is 59.7 Å².